The molecule has 2 aromatic rings. The minimum atomic E-state index is -0.599. The van der Waals surface area contributed by atoms with Crippen LogP contribution in [0.5, 0.6) is 0 Å². The molecule has 2 amide bonds. The zero-order chi connectivity index (χ0) is 23.0. The van der Waals surface area contributed by atoms with E-state index in [9.17, 15) is 9.59 Å². The van der Waals surface area contributed by atoms with Gasteiger partial charge in [0.25, 0.3) is 0 Å². The molecule has 31 heavy (non-hydrogen) atoms. The van der Waals surface area contributed by atoms with Crippen LogP contribution < -0.4 is 5.32 Å². The average Bonchev–Trinajstić information content (AvgIpc) is 2.77. The molecule has 0 saturated carbocycles. The quantitative estimate of drug-likeness (QED) is 0.483. The topological polar surface area (TPSA) is 49.4 Å². The molecule has 0 heterocycles. The van der Waals surface area contributed by atoms with Gasteiger partial charge in [0.15, 0.2) is 0 Å². The second kappa shape index (κ2) is 12.1. The molecule has 0 unspecified atom stereocenters. The van der Waals surface area contributed by atoms with Gasteiger partial charge in [0.2, 0.25) is 11.8 Å². The van der Waals surface area contributed by atoms with Gasteiger partial charge in [0, 0.05) is 19.0 Å². The van der Waals surface area contributed by atoms with Crippen molar-refractivity contribution in [1.82, 2.24) is 10.2 Å². The van der Waals surface area contributed by atoms with Gasteiger partial charge in [-0.1, -0.05) is 67.4 Å². The molecule has 0 spiro atoms. The summed E-state index contributed by atoms with van der Waals surface area (Å²) in [6, 6.07) is 13.0. The van der Waals surface area contributed by atoms with Crippen molar-refractivity contribution in [2.75, 3.05) is 0 Å². The standard InChI is InChI=1S/C25H32Cl2N2O2/c1-5-17(3)28-25(31)18(4)29(16-21-11-13-22(26)23(27)15-21)24(30)14-12-20-9-7-19(6-2)8-10-20/h7-11,13,15,17-18H,5-6,12,14,16H2,1-4H3,(H,28,31)/t17-,18+/m1/s1. The maximum absolute atomic E-state index is 13.2. The summed E-state index contributed by atoms with van der Waals surface area (Å²) in [6.45, 7) is 8.14. The normalized spacial score (nSPS) is 12.8. The highest BCUT2D eigenvalue weighted by atomic mass is 35.5. The first-order valence-electron chi connectivity index (χ1n) is 10.9. The van der Waals surface area contributed by atoms with E-state index in [1.807, 2.05) is 19.9 Å². The third-order valence-electron chi connectivity index (χ3n) is 5.56. The lowest BCUT2D eigenvalue weighted by molar-refractivity contribution is -0.140. The summed E-state index contributed by atoms with van der Waals surface area (Å²) < 4.78 is 0. The molecular weight excluding hydrogens is 431 g/mol. The molecule has 6 heteroatoms. The number of carbonyl (C=O) groups is 2. The van der Waals surface area contributed by atoms with Crippen molar-refractivity contribution in [2.24, 2.45) is 0 Å². The Bertz CT molecular complexity index is 884. The molecule has 2 atom stereocenters. The van der Waals surface area contributed by atoms with E-state index >= 15 is 0 Å². The van der Waals surface area contributed by atoms with Crippen molar-refractivity contribution < 1.29 is 9.59 Å². The molecule has 0 saturated heterocycles. The summed E-state index contributed by atoms with van der Waals surface area (Å²) >= 11 is 12.2. The van der Waals surface area contributed by atoms with Gasteiger partial charge in [-0.15, -0.1) is 0 Å². The molecule has 4 nitrogen and oxygen atoms in total. The number of aryl methyl sites for hydroxylation is 2. The molecule has 1 N–H and O–H groups in total. The van der Waals surface area contributed by atoms with Gasteiger partial charge < -0.3 is 10.2 Å². The van der Waals surface area contributed by atoms with Crippen LogP contribution in [0.3, 0.4) is 0 Å². The monoisotopic (exact) mass is 462 g/mol. The van der Waals surface area contributed by atoms with Crippen molar-refractivity contribution in [3.05, 3.63) is 69.2 Å². The molecular formula is C25H32Cl2N2O2. The minimum absolute atomic E-state index is 0.0500. The molecule has 0 aliphatic rings. The number of nitrogens with one attached hydrogen (secondary N) is 1. The van der Waals surface area contributed by atoms with E-state index in [0.717, 1.165) is 24.0 Å². The van der Waals surface area contributed by atoms with Gasteiger partial charge in [-0.25, -0.2) is 0 Å². The Morgan fingerprint density at radius 3 is 2.13 bits per heavy atom. The summed E-state index contributed by atoms with van der Waals surface area (Å²) in [5, 5.41) is 3.87. The van der Waals surface area contributed by atoms with Crippen LogP contribution in [0, 0.1) is 0 Å². The minimum Gasteiger partial charge on any atom is -0.352 e. The van der Waals surface area contributed by atoms with Gasteiger partial charge in [-0.05, 0) is 61.9 Å². The molecule has 0 radical (unpaired) electrons. The summed E-state index contributed by atoms with van der Waals surface area (Å²) in [5.74, 6) is -0.229. The number of hydrogen-bond acceptors (Lipinski definition) is 2. The van der Waals surface area contributed by atoms with Gasteiger partial charge in [-0.2, -0.15) is 0 Å². The Morgan fingerprint density at radius 1 is 0.935 bits per heavy atom. The summed E-state index contributed by atoms with van der Waals surface area (Å²) in [5.41, 5.74) is 3.21. The second-order valence-electron chi connectivity index (χ2n) is 7.93. The van der Waals surface area contributed by atoms with Gasteiger partial charge in [0.05, 0.1) is 10.0 Å². The predicted molar refractivity (Wildman–Crippen MR) is 129 cm³/mol. The number of benzene rings is 2. The van der Waals surface area contributed by atoms with E-state index in [-0.39, 0.29) is 17.9 Å². The van der Waals surface area contributed by atoms with E-state index in [2.05, 4.69) is 36.5 Å². The van der Waals surface area contributed by atoms with E-state index < -0.39 is 6.04 Å². The highest BCUT2D eigenvalue weighted by Gasteiger charge is 2.26. The van der Waals surface area contributed by atoms with Crippen LogP contribution in [0.2, 0.25) is 10.0 Å². The van der Waals surface area contributed by atoms with Crippen LogP contribution in [0.15, 0.2) is 42.5 Å². The Labute approximate surface area is 195 Å². The maximum Gasteiger partial charge on any atom is 0.242 e. The Balaban J connectivity index is 2.16. The average molecular weight is 463 g/mol. The number of halogens is 2. The van der Waals surface area contributed by atoms with Crippen LogP contribution in [0.25, 0.3) is 0 Å². The highest BCUT2D eigenvalue weighted by Crippen LogP contribution is 2.24. The summed E-state index contributed by atoms with van der Waals surface area (Å²) in [6.07, 6.45) is 2.76. The zero-order valence-corrected chi connectivity index (χ0v) is 20.3. The molecule has 0 aliphatic heterocycles. The first-order chi connectivity index (χ1) is 14.7. The molecule has 0 bridgehead atoms. The molecule has 0 aliphatic carbocycles. The fraction of sp³-hybridized carbons (Fsp3) is 0.440. The summed E-state index contributed by atoms with van der Waals surface area (Å²) in [4.78, 5) is 27.6. The van der Waals surface area contributed by atoms with Crippen molar-refractivity contribution >= 4 is 35.0 Å². The molecule has 2 aromatic carbocycles. The van der Waals surface area contributed by atoms with Crippen LogP contribution in [-0.2, 0) is 29.0 Å². The fourth-order valence-electron chi connectivity index (χ4n) is 3.22. The van der Waals surface area contributed by atoms with Crippen LogP contribution in [0.4, 0.5) is 0 Å². The number of amides is 2. The van der Waals surface area contributed by atoms with Gasteiger partial charge >= 0.3 is 0 Å². The van der Waals surface area contributed by atoms with E-state index in [4.69, 9.17) is 23.2 Å². The van der Waals surface area contributed by atoms with E-state index in [1.165, 1.54) is 5.56 Å². The molecule has 0 aromatic heterocycles. The third kappa shape index (κ3) is 7.55. The van der Waals surface area contributed by atoms with Gasteiger partial charge in [0.1, 0.15) is 6.04 Å². The first-order valence-corrected chi connectivity index (χ1v) is 11.6. The molecule has 168 valence electrons. The van der Waals surface area contributed by atoms with Crippen molar-refractivity contribution in [3.8, 4) is 0 Å². The lowest BCUT2D eigenvalue weighted by atomic mass is 10.0. The predicted octanol–water partition coefficient (Wildman–Crippen LogP) is 5.82. The van der Waals surface area contributed by atoms with E-state index in [0.29, 0.717) is 29.4 Å². The SMILES string of the molecule is CCc1ccc(CCC(=O)N(Cc2ccc(Cl)c(Cl)c2)[C@@H](C)C(=O)N[C@H](C)CC)cc1. The Kier molecular flexibility index (Phi) is 9.86. The number of hydrogen-bond donors (Lipinski definition) is 1. The van der Waals surface area contributed by atoms with Gasteiger partial charge in [-0.3, -0.25) is 9.59 Å². The Morgan fingerprint density at radius 2 is 1.55 bits per heavy atom. The fourth-order valence-corrected chi connectivity index (χ4v) is 3.54. The van der Waals surface area contributed by atoms with Crippen molar-refractivity contribution in [2.45, 2.75) is 72.0 Å². The third-order valence-corrected chi connectivity index (χ3v) is 6.30. The highest BCUT2D eigenvalue weighted by molar-refractivity contribution is 6.42. The van der Waals surface area contributed by atoms with E-state index in [1.54, 1.807) is 24.0 Å². The molecule has 2 rings (SSSR count). The summed E-state index contributed by atoms with van der Waals surface area (Å²) in [7, 11) is 0. The molecule has 0 fully saturated rings. The van der Waals surface area contributed by atoms with Crippen molar-refractivity contribution in [3.63, 3.8) is 0 Å². The number of nitrogens with zero attached hydrogens (tertiary/aromatic N) is 1. The van der Waals surface area contributed by atoms with Crippen LogP contribution in [-0.4, -0.2) is 28.8 Å². The van der Waals surface area contributed by atoms with Crippen LogP contribution in [0.1, 0.15) is 57.2 Å². The van der Waals surface area contributed by atoms with Crippen LogP contribution >= 0.6 is 23.2 Å². The largest absolute Gasteiger partial charge is 0.352 e. The Hall–Kier alpha value is -2.04. The second-order valence-corrected chi connectivity index (χ2v) is 8.75. The zero-order valence-electron chi connectivity index (χ0n) is 18.8. The lowest BCUT2D eigenvalue weighted by Crippen LogP contribution is -2.49. The number of rotatable bonds is 10. The van der Waals surface area contributed by atoms with Crippen molar-refractivity contribution in [1.29, 1.82) is 0 Å². The number of carbonyl (C=O) groups excluding carboxylic acids is 2. The lowest BCUT2D eigenvalue weighted by Gasteiger charge is -2.30. The maximum atomic E-state index is 13.2. The first kappa shape index (κ1) is 25.2. The smallest absolute Gasteiger partial charge is 0.242 e.